The summed E-state index contributed by atoms with van der Waals surface area (Å²) in [6.45, 7) is 0.976. The van der Waals surface area contributed by atoms with Crippen molar-refractivity contribution in [1.29, 1.82) is 0 Å². The van der Waals surface area contributed by atoms with E-state index in [4.69, 9.17) is 11.6 Å². The van der Waals surface area contributed by atoms with Gasteiger partial charge in [-0.05, 0) is 131 Å². The lowest BCUT2D eigenvalue weighted by molar-refractivity contribution is -0.124. The Labute approximate surface area is 372 Å². The van der Waals surface area contributed by atoms with Gasteiger partial charge < -0.3 is 35.1 Å². The summed E-state index contributed by atoms with van der Waals surface area (Å²) in [5, 5.41) is 4.36. The molecule has 0 fully saturated rings. The SMILES string of the molecule is CN(C)C(=O)C(=O)c1c[nH]c2ccc(F)cc12.CN(C)CCc1c[nH]c2ccc(F)cc12.CNC.Cl.Cl.Fc1ccc2[nH]ccc2c1.O=C(Cl)C(=O)c1c[nH]c2ccc(F)cc12. The highest BCUT2D eigenvalue weighted by atomic mass is 35.5. The van der Waals surface area contributed by atoms with E-state index in [2.05, 4.69) is 30.2 Å². The monoisotopic (exact) mass is 917 g/mol. The van der Waals surface area contributed by atoms with Crippen LogP contribution in [0.5, 0.6) is 0 Å². The van der Waals surface area contributed by atoms with Crippen LogP contribution in [0.2, 0.25) is 0 Å². The molecule has 4 heterocycles. The first-order valence-corrected chi connectivity index (χ1v) is 18.7. The van der Waals surface area contributed by atoms with Gasteiger partial charge in [0.25, 0.3) is 16.9 Å². The van der Waals surface area contributed by atoms with Gasteiger partial charge in [-0.15, -0.1) is 24.8 Å². The van der Waals surface area contributed by atoms with Gasteiger partial charge in [0, 0.05) is 89.0 Å². The van der Waals surface area contributed by atoms with Crippen LogP contribution in [-0.2, 0) is 16.0 Å². The highest BCUT2D eigenvalue weighted by Gasteiger charge is 2.22. The number of hydrogen-bond acceptors (Lipinski definition) is 6. The van der Waals surface area contributed by atoms with Gasteiger partial charge in [0.2, 0.25) is 5.78 Å². The van der Waals surface area contributed by atoms with Crippen LogP contribution in [0.25, 0.3) is 43.6 Å². The van der Waals surface area contributed by atoms with Crippen LogP contribution in [0.15, 0.2) is 104 Å². The van der Waals surface area contributed by atoms with Gasteiger partial charge in [-0.2, -0.15) is 0 Å². The number of nitrogens with one attached hydrogen (secondary N) is 5. The Bertz CT molecular complexity index is 2750. The Morgan fingerprint density at radius 3 is 1.47 bits per heavy atom. The number of Topliss-reactive ketones (excluding diaryl/α,β-unsaturated/α-hetero) is 2. The Morgan fingerprint density at radius 2 is 1.00 bits per heavy atom. The third-order valence-electron chi connectivity index (χ3n) is 8.63. The molecule has 0 aliphatic rings. The fourth-order valence-corrected chi connectivity index (χ4v) is 5.81. The molecule has 330 valence electrons. The van der Waals surface area contributed by atoms with Crippen LogP contribution in [0.4, 0.5) is 17.6 Å². The molecule has 0 saturated carbocycles. The van der Waals surface area contributed by atoms with Gasteiger partial charge in [0.15, 0.2) is 0 Å². The van der Waals surface area contributed by atoms with Gasteiger partial charge in [-0.3, -0.25) is 19.2 Å². The smallest absolute Gasteiger partial charge is 0.294 e. The standard InChI is InChI=1S/C12H11FN2O2.C12H15FN2.C10H5ClFNO2.C8H6FN.C2H7N.2ClH/c1-15(2)12(17)11(16)9-6-14-10-4-3-7(13)5-8(9)10;1-15(2)6-5-9-8-14-12-4-3-10(13)7-11(9)12;11-10(15)9(14)7-4-13-8-2-1-5(12)3-6(7)8;9-7-1-2-8-6(5-7)3-4-10-8;1-3-2;;/h3-6,14H,1-2H3;3-4,7-8,14H,5-6H2,1-2H3;1-4,13H;1-5,10H;3H,1-2H3;2*1H. The number of amides is 1. The van der Waals surface area contributed by atoms with Crippen molar-refractivity contribution in [3.8, 4) is 0 Å². The maximum Gasteiger partial charge on any atom is 0.294 e. The van der Waals surface area contributed by atoms with Gasteiger partial charge in [-0.1, -0.05) is 0 Å². The zero-order valence-electron chi connectivity index (χ0n) is 34.5. The second-order valence-electron chi connectivity index (χ2n) is 13.7. The summed E-state index contributed by atoms with van der Waals surface area (Å²) in [6, 6.07) is 19.4. The predicted molar refractivity (Wildman–Crippen MR) is 243 cm³/mol. The minimum absolute atomic E-state index is 0. The van der Waals surface area contributed by atoms with E-state index in [-0.39, 0.29) is 47.6 Å². The second kappa shape index (κ2) is 24.5. The summed E-state index contributed by atoms with van der Waals surface area (Å²) < 4.78 is 51.6. The molecule has 18 heteroatoms. The van der Waals surface area contributed by atoms with Crippen LogP contribution < -0.4 is 5.32 Å². The summed E-state index contributed by atoms with van der Waals surface area (Å²) in [5.41, 5.74) is 4.64. The van der Waals surface area contributed by atoms with E-state index in [1.165, 1.54) is 91.5 Å². The number of carbonyl (C=O) groups is 4. The number of hydrogen-bond donors (Lipinski definition) is 5. The number of benzene rings is 4. The largest absolute Gasteiger partial charge is 0.361 e. The molecule has 0 aliphatic heterocycles. The summed E-state index contributed by atoms with van der Waals surface area (Å²) in [7, 11) is 10.8. The Kier molecular flexibility index (Phi) is 20.6. The number of rotatable bonds is 7. The van der Waals surface area contributed by atoms with Crippen LogP contribution in [0.1, 0.15) is 26.3 Å². The van der Waals surface area contributed by atoms with Crippen LogP contribution in [-0.4, -0.2) is 101 Å². The zero-order chi connectivity index (χ0) is 44.1. The molecule has 0 aliphatic carbocycles. The van der Waals surface area contributed by atoms with Crippen molar-refractivity contribution < 1.29 is 36.7 Å². The Hall–Kier alpha value is -5.97. The number of H-pyrrole nitrogens is 4. The van der Waals surface area contributed by atoms with Crippen molar-refractivity contribution in [1.82, 2.24) is 35.1 Å². The molecule has 4 aromatic heterocycles. The Morgan fingerprint density at radius 1 is 0.581 bits per heavy atom. The minimum Gasteiger partial charge on any atom is -0.361 e. The molecule has 4 aromatic carbocycles. The number of nitrogens with zero attached hydrogens (tertiary/aromatic N) is 2. The van der Waals surface area contributed by atoms with Crippen LogP contribution in [0, 0.1) is 23.3 Å². The summed E-state index contributed by atoms with van der Waals surface area (Å²) >= 11 is 5.06. The number of aromatic nitrogens is 4. The summed E-state index contributed by atoms with van der Waals surface area (Å²) in [6.07, 6.45) is 7.47. The number of halogens is 7. The fourth-order valence-electron chi connectivity index (χ4n) is 5.71. The lowest BCUT2D eigenvalue weighted by Gasteiger charge is -2.07. The van der Waals surface area contributed by atoms with E-state index < -0.39 is 34.4 Å². The molecule has 8 aromatic rings. The minimum atomic E-state index is -1.08. The van der Waals surface area contributed by atoms with Crippen molar-refractivity contribution in [2.45, 2.75) is 6.42 Å². The van der Waals surface area contributed by atoms with Gasteiger partial charge in [0.05, 0.1) is 11.1 Å². The molecular weight excluding hydrogens is 873 g/mol. The quantitative estimate of drug-likeness (QED) is 0.0466. The third kappa shape index (κ3) is 14.0. The highest BCUT2D eigenvalue weighted by molar-refractivity contribution is 6.83. The van der Waals surface area contributed by atoms with Crippen LogP contribution >= 0.6 is 36.4 Å². The van der Waals surface area contributed by atoms with Crippen molar-refractivity contribution in [2.24, 2.45) is 0 Å². The molecule has 5 N–H and O–H groups in total. The zero-order valence-corrected chi connectivity index (χ0v) is 36.9. The Balaban J connectivity index is 0.000000279. The number of ketones is 2. The average Bonchev–Trinajstić information content (AvgIpc) is 4.03. The lowest BCUT2D eigenvalue weighted by Crippen LogP contribution is -2.29. The van der Waals surface area contributed by atoms with E-state index in [1.807, 2.05) is 40.5 Å². The highest BCUT2D eigenvalue weighted by Crippen LogP contribution is 2.22. The maximum absolute atomic E-state index is 13.1. The van der Waals surface area contributed by atoms with E-state index in [0.717, 1.165) is 34.8 Å². The second-order valence-corrected chi connectivity index (χ2v) is 14.0. The normalized spacial score (nSPS) is 10.2. The van der Waals surface area contributed by atoms with Crippen molar-refractivity contribution in [3.63, 3.8) is 0 Å². The number of fused-ring (bicyclic) bond motifs is 4. The van der Waals surface area contributed by atoms with Crippen LogP contribution in [0.3, 0.4) is 0 Å². The number of aromatic amines is 4. The molecule has 0 radical (unpaired) electrons. The molecule has 1 amide bonds. The first kappa shape index (κ1) is 52.2. The van der Waals surface area contributed by atoms with Crippen molar-refractivity contribution in [2.75, 3.05) is 48.8 Å². The third-order valence-corrected chi connectivity index (χ3v) is 8.80. The molecule has 11 nitrogen and oxygen atoms in total. The lowest BCUT2D eigenvalue weighted by atomic mass is 10.1. The van der Waals surface area contributed by atoms with E-state index in [0.29, 0.717) is 21.8 Å². The molecule has 0 atom stereocenters. The first-order valence-electron chi connectivity index (χ1n) is 18.3. The first-order chi connectivity index (χ1) is 28.5. The molecule has 0 bridgehead atoms. The topological polar surface area (TPSA) is 150 Å². The molecule has 8 rings (SSSR count). The molecule has 0 saturated heterocycles. The fraction of sp³-hybridized carbons (Fsp3) is 0.182. The predicted octanol–water partition coefficient (Wildman–Crippen LogP) is 9.23. The van der Waals surface area contributed by atoms with E-state index in [9.17, 15) is 36.7 Å². The van der Waals surface area contributed by atoms with Crippen molar-refractivity contribution >= 4 is 103 Å². The molecular formula is C44H46Cl3F4N7O4. The number of likely N-dealkylation sites (N-methyl/N-ethyl adjacent to an activating group) is 2. The van der Waals surface area contributed by atoms with Gasteiger partial charge in [0.1, 0.15) is 23.3 Å². The molecule has 62 heavy (non-hydrogen) atoms. The summed E-state index contributed by atoms with van der Waals surface area (Å²) in [4.78, 5) is 60.4. The van der Waals surface area contributed by atoms with E-state index in [1.54, 1.807) is 24.4 Å². The molecule has 0 spiro atoms. The van der Waals surface area contributed by atoms with Gasteiger partial charge in [-0.25, -0.2) is 17.6 Å². The van der Waals surface area contributed by atoms with E-state index >= 15 is 0 Å². The van der Waals surface area contributed by atoms with Crippen molar-refractivity contribution in [3.05, 3.63) is 144 Å². The molecule has 0 unspecified atom stereocenters. The van der Waals surface area contributed by atoms with Gasteiger partial charge >= 0.3 is 0 Å². The summed E-state index contributed by atoms with van der Waals surface area (Å²) in [5.74, 6) is -3.39. The number of carbonyl (C=O) groups excluding carboxylic acids is 4. The maximum atomic E-state index is 13.1. The average molecular weight is 919 g/mol.